The van der Waals surface area contributed by atoms with Crippen molar-refractivity contribution in [1.82, 2.24) is 0 Å². The zero-order chi connectivity index (χ0) is 19.1. The standard InChI is InChI=1S/C20H23BrN2O3/c1-4-17(14-7-9-16(21)10-8-14)22-12-19(24)23-18-11-15(20(25)26-3)6-5-13(18)2/h5-11,17,22H,4,12H2,1-3H3,(H,23,24)/p+1/t17-/m0/s1. The minimum Gasteiger partial charge on any atom is -0.465 e. The summed E-state index contributed by atoms with van der Waals surface area (Å²) >= 11 is 3.44. The SMILES string of the molecule is CC[C@H]([NH2+]CC(=O)Nc1cc(C(=O)OC)ccc1C)c1ccc(Br)cc1. The average molecular weight is 420 g/mol. The Morgan fingerprint density at radius 2 is 1.88 bits per heavy atom. The number of rotatable bonds is 7. The van der Waals surface area contributed by atoms with Crippen LogP contribution in [-0.4, -0.2) is 25.5 Å². The van der Waals surface area contributed by atoms with Crippen LogP contribution < -0.4 is 10.6 Å². The summed E-state index contributed by atoms with van der Waals surface area (Å²) in [5.41, 5.74) is 3.12. The van der Waals surface area contributed by atoms with E-state index < -0.39 is 5.97 Å². The number of halogens is 1. The summed E-state index contributed by atoms with van der Waals surface area (Å²) in [5.74, 6) is -0.529. The van der Waals surface area contributed by atoms with Crippen LogP contribution in [0.2, 0.25) is 0 Å². The highest BCUT2D eigenvalue weighted by Crippen LogP contribution is 2.18. The van der Waals surface area contributed by atoms with Gasteiger partial charge in [-0.2, -0.15) is 0 Å². The highest BCUT2D eigenvalue weighted by molar-refractivity contribution is 9.10. The van der Waals surface area contributed by atoms with Crippen molar-refractivity contribution in [2.75, 3.05) is 19.0 Å². The topological polar surface area (TPSA) is 72.0 Å². The lowest BCUT2D eigenvalue weighted by Crippen LogP contribution is -2.87. The highest BCUT2D eigenvalue weighted by Gasteiger charge is 2.16. The molecular formula is C20H24BrN2O3+. The predicted octanol–water partition coefficient (Wildman–Crippen LogP) is 3.20. The molecule has 5 nitrogen and oxygen atoms in total. The second-order valence-corrected chi connectivity index (χ2v) is 6.99. The molecule has 0 saturated carbocycles. The van der Waals surface area contributed by atoms with Crippen LogP contribution in [0.25, 0.3) is 0 Å². The molecule has 0 fully saturated rings. The van der Waals surface area contributed by atoms with Gasteiger partial charge in [-0.15, -0.1) is 0 Å². The normalized spacial score (nSPS) is 11.7. The van der Waals surface area contributed by atoms with Gasteiger partial charge < -0.3 is 15.4 Å². The molecule has 0 radical (unpaired) electrons. The molecule has 3 N–H and O–H groups in total. The van der Waals surface area contributed by atoms with E-state index in [1.54, 1.807) is 18.2 Å². The maximum Gasteiger partial charge on any atom is 0.337 e. The molecule has 0 aliphatic rings. The lowest BCUT2D eigenvalue weighted by molar-refractivity contribution is -0.686. The number of nitrogens with one attached hydrogen (secondary N) is 1. The number of nitrogens with two attached hydrogens (primary N) is 1. The molecule has 0 bridgehead atoms. The first-order valence-corrected chi connectivity index (χ1v) is 9.31. The van der Waals surface area contributed by atoms with E-state index in [0.717, 1.165) is 16.5 Å². The number of hydrogen-bond acceptors (Lipinski definition) is 3. The molecule has 2 aromatic rings. The molecule has 0 spiro atoms. The Balaban J connectivity index is 1.99. The Morgan fingerprint density at radius 3 is 2.50 bits per heavy atom. The highest BCUT2D eigenvalue weighted by atomic mass is 79.9. The van der Waals surface area contributed by atoms with Crippen molar-refractivity contribution in [3.63, 3.8) is 0 Å². The van der Waals surface area contributed by atoms with Crippen LogP contribution in [0.5, 0.6) is 0 Å². The molecule has 1 amide bonds. The number of aryl methyl sites for hydroxylation is 1. The molecule has 0 saturated heterocycles. The van der Waals surface area contributed by atoms with Gasteiger partial charge >= 0.3 is 5.97 Å². The lowest BCUT2D eigenvalue weighted by Gasteiger charge is -2.15. The van der Waals surface area contributed by atoms with E-state index in [9.17, 15) is 9.59 Å². The Morgan fingerprint density at radius 1 is 1.19 bits per heavy atom. The molecule has 0 heterocycles. The Kier molecular flexibility index (Phi) is 7.36. The quantitative estimate of drug-likeness (QED) is 0.676. The van der Waals surface area contributed by atoms with Gasteiger partial charge in [-0.3, -0.25) is 4.79 Å². The van der Waals surface area contributed by atoms with Crippen LogP contribution in [-0.2, 0) is 9.53 Å². The fraction of sp³-hybridized carbons (Fsp3) is 0.300. The van der Waals surface area contributed by atoms with Crippen LogP contribution in [0.3, 0.4) is 0 Å². The molecular weight excluding hydrogens is 396 g/mol. The first kappa shape index (κ1) is 20.1. The summed E-state index contributed by atoms with van der Waals surface area (Å²) < 4.78 is 5.76. The summed E-state index contributed by atoms with van der Waals surface area (Å²) in [6.45, 7) is 4.29. The first-order valence-electron chi connectivity index (χ1n) is 8.52. The number of carbonyl (C=O) groups excluding carboxylic acids is 2. The minimum atomic E-state index is -0.423. The fourth-order valence-electron chi connectivity index (χ4n) is 2.70. The van der Waals surface area contributed by atoms with Crippen LogP contribution in [0, 0.1) is 6.92 Å². The molecule has 0 unspecified atom stereocenters. The first-order chi connectivity index (χ1) is 12.4. The second-order valence-electron chi connectivity index (χ2n) is 6.08. The van der Waals surface area contributed by atoms with Crippen molar-refractivity contribution in [2.45, 2.75) is 26.3 Å². The smallest absolute Gasteiger partial charge is 0.337 e. The Bertz CT molecular complexity index is 775. The van der Waals surface area contributed by atoms with Gasteiger partial charge in [0.25, 0.3) is 5.91 Å². The van der Waals surface area contributed by atoms with E-state index in [1.807, 2.05) is 24.4 Å². The third-order valence-corrected chi connectivity index (χ3v) is 4.79. The predicted molar refractivity (Wildman–Crippen MR) is 105 cm³/mol. The molecule has 6 heteroatoms. The van der Waals surface area contributed by atoms with Crippen LogP contribution in [0.1, 0.15) is 40.9 Å². The van der Waals surface area contributed by atoms with Crippen molar-refractivity contribution in [2.24, 2.45) is 0 Å². The second kappa shape index (κ2) is 9.50. The molecule has 26 heavy (non-hydrogen) atoms. The van der Waals surface area contributed by atoms with E-state index >= 15 is 0 Å². The maximum absolute atomic E-state index is 12.4. The molecule has 0 aliphatic heterocycles. The van der Waals surface area contributed by atoms with E-state index in [-0.39, 0.29) is 11.9 Å². The van der Waals surface area contributed by atoms with E-state index in [4.69, 9.17) is 4.74 Å². The van der Waals surface area contributed by atoms with Gasteiger partial charge in [0.2, 0.25) is 0 Å². The van der Waals surface area contributed by atoms with Gasteiger partial charge in [-0.1, -0.05) is 41.1 Å². The van der Waals surface area contributed by atoms with Gasteiger partial charge in [-0.25, -0.2) is 4.79 Å². The molecule has 0 aliphatic carbocycles. The summed E-state index contributed by atoms with van der Waals surface area (Å²) in [6.07, 6.45) is 0.922. The molecule has 0 aromatic heterocycles. The minimum absolute atomic E-state index is 0.106. The van der Waals surface area contributed by atoms with Crippen molar-refractivity contribution < 1.29 is 19.6 Å². The molecule has 1 atom stereocenters. The molecule has 2 rings (SSSR count). The van der Waals surface area contributed by atoms with Crippen molar-refractivity contribution in [1.29, 1.82) is 0 Å². The number of amides is 1. The summed E-state index contributed by atoms with van der Waals surface area (Å²) in [7, 11) is 1.34. The van der Waals surface area contributed by atoms with Crippen molar-refractivity contribution in [3.05, 3.63) is 63.6 Å². The number of anilines is 1. The number of benzene rings is 2. The van der Waals surface area contributed by atoms with Gasteiger partial charge in [0.15, 0.2) is 6.54 Å². The number of methoxy groups -OCH3 is 1. The fourth-order valence-corrected chi connectivity index (χ4v) is 2.96. The Labute approximate surface area is 162 Å². The third-order valence-electron chi connectivity index (χ3n) is 4.26. The zero-order valence-electron chi connectivity index (χ0n) is 15.2. The number of quaternary nitrogens is 1. The van der Waals surface area contributed by atoms with Crippen LogP contribution in [0.15, 0.2) is 46.9 Å². The monoisotopic (exact) mass is 419 g/mol. The number of esters is 1. The van der Waals surface area contributed by atoms with Crippen LogP contribution >= 0.6 is 15.9 Å². The summed E-state index contributed by atoms with van der Waals surface area (Å²) in [4.78, 5) is 24.0. The Hall–Kier alpha value is -2.18. The van der Waals surface area contributed by atoms with Crippen molar-refractivity contribution >= 4 is 33.5 Å². The largest absolute Gasteiger partial charge is 0.465 e. The van der Waals surface area contributed by atoms with E-state index in [1.165, 1.54) is 12.7 Å². The third kappa shape index (κ3) is 5.41. The van der Waals surface area contributed by atoms with Gasteiger partial charge in [0.05, 0.1) is 12.7 Å². The van der Waals surface area contributed by atoms with E-state index in [0.29, 0.717) is 17.8 Å². The van der Waals surface area contributed by atoms with Crippen molar-refractivity contribution in [3.8, 4) is 0 Å². The summed E-state index contributed by atoms with van der Waals surface area (Å²) in [5, 5.41) is 4.91. The van der Waals surface area contributed by atoms with Gasteiger partial charge in [0.1, 0.15) is 6.04 Å². The van der Waals surface area contributed by atoms with Crippen LogP contribution in [0.4, 0.5) is 5.69 Å². The summed E-state index contributed by atoms with van der Waals surface area (Å²) in [6, 6.07) is 13.5. The van der Waals surface area contributed by atoms with Gasteiger partial charge in [-0.05, 0) is 36.8 Å². The number of ether oxygens (including phenoxy) is 1. The number of carbonyl (C=O) groups is 2. The lowest BCUT2D eigenvalue weighted by atomic mass is 10.0. The maximum atomic E-state index is 12.4. The van der Waals surface area contributed by atoms with E-state index in [2.05, 4.69) is 40.3 Å². The number of hydrogen-bond donors (Lipinski definition) is 2. The molecule has 2 aromatic carbocycles. The van der Waals surface area contributed by atoms with Gasteiger partial charge in [0, 0.05) is 22.1 Å². The average Bonchev–Trinajstić information content (AvgIpc) is 2.64. The zero-order valence-corrected chi connectivity index (χ0v) is 16.8. The molecule has 138 valence electrons.